The highest BCUT2D eigenvalue weighted by Gasteiger charge is 2.13. The number of aromatic nitrogens is 1. The molecule has 2 rings (SSSR count). The highest BCUT2D eigenvalue weighted by atomic mass is 35.5. The van der Waals surface area contributed by atoms with Gasteiger partial charge in [0.2, 0.25) is 5.91 Å². The van der Waals surface area contributed by atoms with E-state index < -0.39 is 6.10 Å². The Morgan fingerprint density at radius 2 is 2.24 bits per heavy atom. The molecule has 0 radical (unpaired) electrons. The van der Waals surface area contributed by atoms with Crippen LogP contribution in [0.15, 0.2) is 29.8 Å². The molecule has 0 spiro atoms. The molecule has 1 amide bonds. The fourth-order valence-corrected chi connectivity index (χ4v) is 2.93. The van der Waals surface area contributed by atoms with E-state index in [1.165, 1.54) is 11.3 Å². The number of hydrogen-bond acceptors (Lipinski definition) is 4. The monoisotopic (exact) mass is 344 g/mol. The summed E-state index contributed by atoms with van der Waals surface area (Å²) >= 11 is 13.3. The Morgan fingerprint density at radius 1 is 1.43 bits per heavy atom. The van der Waals surface area contributed by atoms with E-state index in [2.05, 4.69) is 10.3 Å². The number of aliphatic hydroxyl groups excluding tert-OH is 1. The first kappa shape index (κ1) is 16.2. The van der Waals surface area contributed by atoms with Crippen molar-refractivity contribution in [2.24, 2.45) is 0 Å². The zero-order valence-corrected chi connectivity index (χ0v) is 13.4. The van der Waals surface area contributed by atoms with E-state index in [1.54, 1.807) is 24.4 Å². The number of aryl methyl sites for hydroxylation is 1. The Hall–Kier alpha value is -1.14. The topological polar surface area (TPSA) is 62.2 Å². The normalized spacial score (nSPS) is 12.1. The Balaban J connectivity index is 1.80. The van der Waals surface area contributed by atoms with Crippen molar-refractivity contribution in [3.8, 4) is 0 Å². The largest absolute Gasteiger partial charge is 0.387 e. The number of amides is 1. The van der Waals surface area contributed by atoms with Crippen LogP contribution in [0.25, 0.3) is 0 Å². The van der Waals surface area contributed by atoms with Gasteiger partial charge in [-0.15, -0.1) is 11.3 Å². The van der Waals surface area contributed by atoms with Gasteiger partial charge in [0.1, 0.15) is 0 Å². The molecule has 0 aliphatic heterocycles. The average molecular weight is 345 g/mol. The molecular formula is C14H14Cl2N2O2S. The molecule has 4 nitrogen and oxygen atoms in total. The standard InChI is InChI=1S/C14H14Cl2N2O2S/c15-9-1-2-10(11(16)7-9)12(19)8-18-13(20)3-4-14-17-5-6-21-14/h1-2,5-7,12,19H,3-4,8H2,(H,18,20)/t12-/m1/s1. The lowest BCUT2D eigenvalue weighted by molar-refractivity contribution is -0.121. The Bertz CT molecular complexity index is 605. The van der Waals surface area contributed by atoms with Crippen molar-refractivity contribution >= 4 is 40.4 Å². The van der Waals surface area contributed by atoms with Gasteiger partial charge in [-0.3, -0.25) is 4.79 Å². The summed E-state index contributed by atoms with van der Waals surface area (Å²) in [6.45, 7) is 0.109. The van der Waals surface area contributed by atoms with Crippen LogP contribution in [-0.2, 0) is 11.2 Å². The lowest BCUT2D eigenvalue weighted by Crippen LogP contribution is -2.28. The molecule has 2 aromatic rings. The maximum absolute atomic E-state index is 11.7. The molecule has 112 valence electrons. The van der Waals surface area contributed by atoms with Crippen LogP contribution in [0.2, 0.25) is 10.0 Å². The zero-order valence-electron chi connectivity index (χ0n) is 11.1. The van der Waals surface area contributed by atoms with Gasteiger partial charge in [-0.1, -0.05) is 29.3 Å². The van der Waals surface area contributed by atoms with Crippen molar-refractivity contribution in [1.82, 2.24) is 10.3 Å². The number of rotatable bonds is 6. The molecule has 0 fully saturated rings. The van der Waals surface area contributed by atoms with E-state index in [9.17, 15) is 9.90 Å². The molecular weight excluding hydrogens is 331 g/mol. The van der Waals surface area contributed by atoms with Gasteiger partial charge in [0.25, 0.3) is 0 Å². The van der Waals surface area contributed by atoms with Crippen molar-refractivity contribution in [3.63, 3.8) is 0 Å². The first-order valence-corrected chi connectivity index (χ1v) is 7.98. The molecule has 0 saturated heterocycles. The number of aliphatic hydroxyl groups is 1. The fourth-order valence-electron chi connectivity index (χ4n) is 1.78. The summed E-state index contributed by atoms with van der Waals surface area (Å²) in [4.78, 5) is 15.8. The van der Waals surface area contributed by atoms with Gasteiger partial charge >= 0.3 is 0 Å². The highest BCUT2D eigenvalue weighted by Crippen LogP contribution is 2.25. The van der Waals surface area contributed by atoms with Crippen molar-refractivity contribution in [1.29, 1.82) is 0 Å². The van der Waals surface area contributed by atoms with Crippen LogP contribution < -0.4 is 5.32 Å². The van der Waals surface area contributed by atoms with Crippen LogP contribution in [0.5, 0.6) is 0 Å². The SMILES string of the molecule is O=C(CCc1nccs1)NC[C@@H](O)c1ccc(Cl)cc1Cl. The van der Waals surface area contributed by atoms with Gasteiger partial charge < -0.3 is 10.4 Å². The smallest absolute Gasteiger partial charge is 0.220 e. The molecule has 0 aliphatic rings. The second kappa shape index (κ2) is 7.75. The second-order valence-electron chi connectivity index (χ2n) is 4.41. The number of carbonyl (C=O) groups excluding carboxylic acids is 1. The van der Waals surface area contributed by atoms with Crippen LogP contribution in [-0.4, -0.2) is 22.5 Å². The molecule has 0 unspecified atom stereocenters. The summed E-state index contributed by atoms with van der Waals surface area (Å²) in [6.07, 6.45) is 1.79. The maximum atomic E-state index is 11.7. The highest BCUT2D eigenvalue weighted by molar-refractivity contribution is 7.09. The van der Waals surface area contributed by atoms with Crippen molar-refractivity contribution < 1.29 is 9.90 Å². The molecule has 1 aromatic heterocycles. The van der Waals surface area contributed by atoms with Crippen LogP contribution in [0.3, 0.4) is 0 Å². The lowest BCUT2D eigenvalue weighted by Gasteiger charge is -2.13. The molecule has 21 heavy (non-hydrogen) atoms. The first-order chi connectivity index (χ1) is 10.1. The second-order valence-corrected chi connectivity index (χ2v) is 6.23. The van der Waals surface area contributed by atoms with Crippen LogP contribution in [0.4, 0.5) is 0 Å². The first-order valence-electron chi connectivity index (χ1n) is 6.34. The third-order valence-corrected chi connectivity index (χ3v) is 4.27. The average Bonchev–Trinajstić information content (AvgIpc) is 2.95. The molecule has 0 saturated carbocycles. The summed E-state index contributed by atoms with van der Waals surface area (Å²) in [5, 5.41) is 16.4. The minimum Gasteiger partial charge on any atom is -0.387 e. The van der Waals surface area contributed by atoms with Crippen molar-refractivity contribution in [2.45, 2.75) is 18.9 Å². The van der Waals surface area contributed by atoms with Gasteiger partial charge in [0, 0.05) is 46.6 Å². The third-order valence-electron chi connectivity index (χ3n) is 2.86. The van der Waals surface area contributed by atoms with Gasteiger partial charge in [-0.2, -0.15) is 0 Å². The van der Waals surface area contributed by atoms with Gasteiger partial charge in [-0.05, 0) is 12.1 Å². The van der Waals surface area contributed by atoms with E-state index in [-0.39, 0.29) is 12.5 Å². The predicted octanol–water partition coefficient (Wildman–Crippen LogP) is 3.23. The number of nitrogens with zero attached hydrogens (tertiary/aromatic N) is 1. The summed E-state index contributed by atoms with van der Waals surface area (Å²) < 4.78 is 0. The molecule has 1 atom stereocenters. The minimum absolute atomic E-state index is 0.109. The Morgan fingerprint density at radius 3 is 2.90 bits per heavy atom. The molecule has 2 N–H and O–H groups in total. The predicted molar refractivity (Wildman–Crippen MR) is 84.9 cm³/mol. The van der Waals surface area contributed by atoms with E-state index in [0.717, 1.165) is 5.01 Å². The van der Waals surface area contributed by atoms with Crippen LogP contribution in [0, 0.1) is 0 Å². The van der Waals surface area contributed by atoms with Gasteiger partial charge in [0.05, 0.1) is 11.1 Å². The Kier molecular flexibility index (Phi) is 5.99. The summed E-state index contributed by atoms with van der Waals surface area (Å²) in [5.41, 5.74) is 0.543. The third kappa shape index (κ3) is 4.97. The minimum atomic E-state index is -0.862. The number of thiazole rings is 1. The number of hydrogen-bond donors (Lipinski definition) is 2. The Labute approximate surface area is 136 Å². The van der Waals surface area contributed by atoms with Gasteiger partial charge in [-0.25, -0.2) is 4.98 Å². The van der Waals surface area contributed by atoms with Crippen molar-refractivity contribution in [3.05, 3.63) is 50.4 Å². The molecule has 0 bridgehead atoms. The maximum Gasteiger partial charge on any atom is 0.220 e. The number of carbonyl (C=O) groups is 1. The van der Waals surface area contributed by atoms with E-state index in [4.69, 9.17) is 23.2 Å². The molecule has 0 aliphatic carbocycles. The quantitative estimate of drug-likeness (QED) is 0.845. The summed E-state index contributed by atoms with van der Waals surface area (Å²) in [6, 6.07) is 4.86. The molecule has 7 heteroatoms. The lowest BCUT2D eigenvalue weighted by atomic mass is 10.1. The number of nitrogens with one attached hydrogen (secondary N) is 1. The van der Waals surface area contributed by atoms with E-state index >= 15 is 0 Å². The van der Waals surface area contributed by atoms with E-state index in [1.807, 2.05) is 5.38 Å². The molecule has 1 heterocycles. The number of benzene rings is 1. The summed E-state index contributed by atoms with van der Waals surface area (Å²) in [7, 11) is 0. The zero-order chi connectivity index (χ0) is 15.2. The number of halogens is 2. The van der Waals surface area contributed by atoms with Crippen LogP contribution in [0.1, 0.15) is 23.1 Å². The fraction of sp³-hybridized carbons (Fsp3) is 0.286. The summed E-state index contributed by atoms with van der Waals surface area (Å²) in [5.74, 6) is -0.130. The van der Waals surface area contributed by atoms with Crippen molar-refractivity contribution in [2.75, 3.05) is 6.54 Å². The van der Waals surface area contributed by atoms with E-state index in [0.29, 0.717) is 28.5 Å². The van der Waals surface area contributed by atoms with Crippen LogP contribution >= 0.6 is 34.5 Å². The van der Waals surface area contributed by atoms with Gasteiger partial charge in [0.15, 0.2) is 0 Å². The molecule has 1 aromatic carbocycles.